The number of aromatic nitrogens is 4. The van der Waals surface area contributed by atoms with Crippen molar-refractivity contribution in [2.24, 2.45) is 0 Å². The first-order valence-corrected chi connectivity index (χ1v) is 6.04. The first-order chi connectivity index (χ1) is 8.68. The van der Waals surface area contributed by atoms with Gasteiger partial charge in [0.05, 0.1) is 12.4 Å². The predicted molar refractivity (Wildman–Crippen MR) is 71.0 cm³/mol. The minimum atomic E-state index is 0.465. The van der Waals surface area contributed by atoms with Crippen LogP contribution in [0.25, 0.3) is 17.0 Å². The molecule has 3 aromatic rings. The second-order valence-corrected chi connectivity index (χ2v) is 4.65. The van der Waals surface area contributed by atoms with Crippen molar-refractivity contribution in [2.45, 2.75) is 6.92 Å². The van der Waals surface area contributed by atoms with Crippen molar-refractivity contribution in [2.75, 3.05) is 0 Å². The summed E-state index contributed by atoms with van der Waals surface area (Å²) in [5.41, 5.74) is 2.46. The molecule has 1 aromatic carbocycles. The van der Waals surface area contributed by atoms with Gasteiger partial charge in [0.15, 0.2) is 11.5 Å². The normalized spacial score (nSPS) is 11.1. The zero-order valence-electron chi connectivity index (χ0n) is 9.43. The molecule has 0 aliphatic carbocycles. The van der Waals surface area contributed by atoms with Crippen LogP contribution in [-0.4, -0.2) is 19.6 Å². The van der Waals surface area contributed by atoms with E-state index in [2.05, 4.69) is 15.2 Å². The molecule has 0 spiro atoms. The van der Waals surface area contributed by atoms with E-state index >= 15 is 0 Å². The standard InChI is InChI=1S/C12H8Cl2N4/c1-7-8(3-2-4-9(7)13)12-17-16-11-6-15-5-10(14)18(11)12/h2-6H,1H3. The van der Waals surface area contributed by atoms with Crippen molar-refractivity contribution in [1.29, 1.82) is 0 Å². The Hall–Kier alpha value is -1.65. The van der Waals surface area contributed by atoms with Gasteiger partial charge in [-0.25, -0.2) is 0 Å². The monoisotopic (exact) mass is 278 g/mol. The highest BCUT2D eigenvalue weighted by Crippen LogP contribution is 2.28. The summed E-state index contributed by atoms with van der Waals surface area (Å²) in [6.07, 6.45) is 3.17. The zero-order valence-corrected chi connectivity index (χ0v) is 10.9. The summed E-state index contributed by atoms with van der Waals surface area (Å²) >= 11 is 12.3. The molecule has 0 atom stereocenters. The fraction of sp³-hybridized carbons (Fsp3) is 0.0833. The summed E-state index contributed by atoms with van der Waals surface area (Å²) in [7, 11) is 0. The van der Waals surface area contributed by atoms with Gasteiger partial charge < -0.3 is 0 Å². The Bertz CT molecular complexity index is 736. The largest absolute Gasteiger partial charge is 0.262 e. The number of nitrogens with zero attached hydrogens (tertiary/aromatic N) is 4. The zero-order chi connectivity index (χ0) is 12.7. The van der Waals surface area contributed by atoms with Gasteiger partial charge in [-0.05, 0) is 18.6 Å². The van der Waals surface area contributed by atoms with Gasteiger partial charge in [-0.2, -0.15) is 0 Å². The highest BCUT2D eigenvalue weighted by molar-refractivity contribution is 6.31. The van der Waals surface area contributed by atoms with E-state index in [-0.39, 0.29) is 0 Å². The molecule has 0 amide bonds. The maximum absolute atomic E-state index is 6.13. The van der Waals surface area contributed by atoms with Crippen LogP contribution < -0.4 is 0 Å². The van der Waals surface area contributed by atoms with Crippen LogP contribution in [0.5, 0.6) is 0 Å². The van der Waals surface area contributed by atoms with E-state index in [1.807, 2.05) is 25.1 Å². The SMILES string of the molecule is Cc1c(Cl)cccc1-c1nnc2cncc(Cl)n12. The van der Waals surface area contributed by atoms with Crippen LogP contribution in [-0.2, 0) is 0 Å². The highest BCUT2D eigenvalue weighted by Gasteiger charge is 2.13. The molecule has 2 heterocycles. The molecule has 0 aliphatic rings. The third-order valence-corrected chi connectivity index (χ3v) is 3.46. The molecule has 4 nitrogen and oxygen atoms in total. The van der Waals surface area contributed by atoms with Crippen LogP contribution in [0.2, 0.25) is 10.2 Å². The van der Waals surface area contributed by atoms with E-state index in [0.29, 0.717) is 21.6 Å². The van der Waals surface area contributed by atoms with Crippen molar-refractivity contribution >= 4 is 28.8 Å². The van der Waals surface area contributed by atoms with Crippen molar-refractivity contribution in [1.82, 2.24) is 19.6 Å². The lowest BCUT2D eigenvalue weighted by atomic mass is 10.1. The molecule has 0 saturated carbocycles. The van der Waals surface area contributed by atoms with Gasteiger partial charge in [0.1, 0.15) is 5.15 Å². The fourth-order valence-corrected chi connectivity index (χ4v) is 2.24. The van der Waals surface area contributed by atoms with Gasteiger partial charge >= 0.3 is 0 Å². The van der Waals surface area contributed by atoms with Crippen LogP contribution >= 0.6 is 23.2 Å². The average molecular weight is 279 g/mol. The smallest absolute Gasteiger partial charge is 0.180 e. The Morgan fingerprint density at radius 1 is 1.11 bits per heavy atom. The third kappa shape index (κ3) is 1.65. The topological polar surface area (TPSA) is 43.1 Å². The molecule has 3 rings (SSSR count). The Kier molecular flexibility index (Phi) is 2.69. The lowest BCUT2D eigenvalue weighted by Crippen LogP contribution is -1.94. The van der Waals surface area contributed by atoms with Crippen LogP contribution in [0.1, 0.15) is 5.56 Å². The molecule has 6 heteroatoms. The van der Waals surface area contributed by atoms with Gasteiger partial charge in [0, 0.05) is 10.6 Å². The maximum atomic E-state index is 6.13. The number of hydrogen-bond acceptors (Lipinski definition) is 3. The van der Waals surface area contributed by atoms with Crippen LogP contribution in [0.15, 0.2) is 30.6 Å². The minimum absolute atomic E-state index is 0.465. The van der Waals surface area contributed by atoms with Crippen LogP contribution in [0.3, 0.4) is 0 Å². The average Bonchev–Trinajstić information content (AvgIpc) is 2.78. The van der Waals surface area contributed by atoms with Gasteiger partial charge in [-0.3, -0.25) is 9.38 Å². The van der Waals surface area contributed by atoms with E-state index in [1.54, 1.807) is 16.8 Å². The molecule has 90 valence electrons. The number of hydrogen-bond donors (Lipinski definition) is 0. The summed E-state index contributed by atoms with van der Waals surface area (Å²) in [4.78, 5) is 3.98. The number of fused-ring (bicyclic) bond motifs is 1. The lowest BCUT2D eigenvalue weighted by Gasteiger charge is -2.06. The number of benzene rings is 1. The van der Waals surface area contributed by atoms with E-state index in [0.717, 1.165) is 11.1 Å². The molecule has 0 saturated heterocycles. The Balaban J connectivity index is 2.36. The Morgan fingerprint density at radius 2 is 1.94 bits per heavy atom. The molecule has 0 N–H and O–H groups in total. The maximum Gasteiger partial charge on any atom is 0.180 e. The summed E-state index contributed by atoms with van der Waals surface area (Å²) < 4.78 is 1.74. The second-order valence-electron chi connectivity index (χ2n) is 3.86. The van der Waals surface area contributed by atoms with Gasteiger partial charge in [0.2, 0.25) is 0 Å². The summed E-state index contributed by atoms with van der Waals surface area (Å²) in [6, 6.07) is 5.65. The minimum Gasteiger partial charge on any atom is -0.262 e. The summed E-state index contributed by atoms with van der Waals surface area (Å²) in [5, 5.41) is 9.36. The molecule has 18 heavy (non-hydrogen) atoms. The molecule has 0 fully saturated rings. The fourth-order valence-electron chi connectivity index (χ4n) is 1.84. The van der Waals surface area contributed by atoms with Gasteiger partial charge in [-0.15, -0.1) is 10.2 Å². The van der Waals surface area contributed by atoms with Crippen molar-refractivity contribution in [3.05, 3.63) is 46.3 Å². The quantitative estimate of drug-likeness (QED) is 0.685. The molecule has 0 bridgehead atoms. The van der Waals surface area contributed by atoms with Gasteiger partial charge in [-0.1, -0.05) is 35.3 Å². The molecule has 0 unspecified atom stereocenters. The van der Waals surface area contributed by atoms with E-state index < -0.39 is 0 Å². The number of halogens is 2. The molecule has 2 aromatic heterocycles. The van der Waals surface area contributed by atoms with E-state index in [1.165, 1.54) is 0 Å². The summed E-state index contributed by atoms with van der Waals surface area (Å²) in [5.74, 6) is 0.664. The van der Waals surface area contributed by atoms with Crippen LogP contribution in [0.4, 0.5) is 0 Å². The second kappa shape index (κ2) is 4.23. The molecule has 0 aliphatic heterocycles. The Labute approximate surface area is 113 Å². The van der Waals surface area contributed by atoms with Crippen molar-refractivity contribution in [3.8, 4) is 11.4 Å². The van der Waals surface area contributed by atoms with E-state index in [9.17, 15) is 0 Å². The van der Waals surface area contributed by atoms with Crippen molar-refractivity contribution in [3.63, 3.8) is 0 Å². The molecule has 0 radical (unpaired) electrons. The molecular formula is C12H8Cl2N4. The summed E-state index contributed by atoms with van der Waals surface area (Å²) in [6.45, 7) is 1.94. The number of rotatable bonds is 1. The van der Waals surface area contributed by atoms with Gasteiger partial charge in [0.25, 0.3) is 0 Å². The van der Waals surface area contributed by atoms with Crippen LogP contribution in [0, 0.1) is 6.92 Å². The highest BCUT2D eigenvalue weighted by atomic mass is 35.5. The van der Waals surface area contributed by atoms with Crippen molar-refractivity contribution < 1.29 is 0 Å². The Morgan fingerprint density at radius 3 is 2.78 bits per heavy atom. The van der Waals surface area contributed by atoms with E-state index in [4.69, 9.17) is 23.2 Å². The lowest BCUT2D eigenvalue weighted by molar-refractivity contribution is 1.10. The predicted octanol–water partition coefficient (Wildman–Crippen LogP) is 3.41. The first-order valence-electron chi connectivity index (χ1n) is 5.28. The third-order valence-electron chi connectivity index (χ3n) is 2.78. The first kappa shape index (κ1) is 11.4. The molecular weight excluding hydrogens is 271 g/mol.